The van der Waals surface area contributed by atoms with Crippen LogP contribution in [0.25, 0.3) is 0 Å². The van der Waals surface area contributed by atoms with Gasteiger partial charge in [0.2, 0.25) is 0 Å². The largest absolute Gasteiger partial charge is 0.444 e. The molecule has 0 heterocycles. The lowest BCUT2D eigenvalue weighted by atomic mass is 10.1. The second-order valence-corrected chi connectivity index (χ2v) is 6.29. The maximum atomic E-state index is 12.4. The SMILES string of the molecule is C=C/C=C\C(=C)CC(C=O)N(CCCNC)C(=O)OC(C)(C)C. The summed E-state index contributed by atoms with van der Waals surface area (Å²) in [5.41, 5.74) is 0.148. The van der Waals surface area contributed by atoms with Gasteiger partial charge in [-0.15, -0.1) is 0 Å². The molecule has 1 amide bonds. The molecule has 1 N–H and O–H groups in total. The van der Waals surface area contributed by atoms with E-state index in [1.165, 1.54) is 4.90 Å². The number of ether oxygens (including phenoxy) is 1. The van der Waals surface area contributed by atoms with Crippen LogP contribution < -0.4 is 5.32 Å². The van der Waals surface area contributed by atoms with E-state index in [1.807, 2.05) is 7.05 Å². The third kappa shape index (κ3) is 9.68. The van der Waals surface area contributed by atoms with Gasteiger partial charge in [0, 0.05) is 6.54 Å². The molecule has 0 aromatic carbocycles. The van der Waals surface area contributed by atoms with Crippen molar-refractivity contribution in [3.63, 3.8) is 0 Å². The van der Waals surface area contributed by atoms with Crippen LogP contribution in [0.4, 0.5) is 4.79 Å². The summed E-state index contributed by atoms with van der Waals surface area (Å²) in [6.07, 6.45) is 6.57. The molecule has 1 atom stereocenters. The smallest absolute Gasteiger partial charge is 0.410 e. The van der Waals surface area contributed by atoms with Crippen LogP contribution in [0.15, 0.2) is 37.0 Å². The number of carbonyl (C=O) groups is 2. The lowest BCUT2D eigenvalue weighted by molar-refractivity contribution is -0.112. The number of allylic oxidation sites excluding steroid dienone is 3. The number of hydrogen-bond donors (Lipinski definition) is 1. The van der Waals surface area contributed by atoms with Crippen molar-refractivity contribution in [1.82, 2.24) is 10.2 Å². The lowest BCUT2D eigenvalue weighted by Crippen LogP contribution is -2.45. The first-order chi connectivity index (χ1) is 10.7. The Bertz CT molecular complexity index is 436. The van der Waals surface area contributed by atoms with Gasteiger partial charge in [-0.05, 0) is 47.2 Å². The number of amides is 1. The normalized spacial score (nSPS) is 12.7. The van der Waals surface area contributed by atoms with Gasteiger partial charge in [-0.1, -0.05) is 37.0 Å². The summed E-state index contributed by atoms with van der Waals surface area (Å²) in [5, 5.41) is 3.03. The molecule has 5 nitrogen and oxygen atoms in total. The molecule has 0 fully saturated rings. The van der Waals surface area contributed by atoms with E-state index in [-0.39, 0.29) is 0 Å². The molecule has 5 heteroatoms. The Balaban J connectivity index is 5.06. The number of nitrogens with one attached hydrogen (secondary N) is 1. The van der Waals surface area contributed by atoms with Gasteiger partial charge in [0.05, 0.1) is 6.04 Å². The highest BCUT2D eigenvalue weighted by Crippen LogP contribution is 2.16. The molecule has 0 bridgehead atoms. The van der Waals surface area contributed by atoms with Crippen LogP contribution in [0.5, 0.6) is 0 Å². The number of carbonyl (C=O) groups excluding carboxylic acids is 2. The van der Waals surface area contributed by atoms with E-state index in [0.717, 1.165) is 24.8 Å². The van der Waals surface area contributed by atoms with Gasteiger partial charge in [-0.2, -0.15) is 0 Å². The minimum Gasteiger partial charge on any atom is -0.444 e. The second-order valence-electron chi connectivity index (χ2n) is 6.29. The van der Waals surface area contributed by atoms with Crippen molar-refractivity contribution >= 4 is 12.4 Å². The van der Waals surface area contributed by atoms with Crippen LogP contribution >= 0.6 is 0 Å². The van der Waals surface area contributed by atoms with Gasteiger partial charge in [-0.25, -0.2) is 4.79 Å². The zero-order valence-electron chi connectivity index (χ0n) is 14.8. The molecular weight excluding hydrogens is 292 g/mol. The first-order valence-electron chi connectivity index (χ1n) is 7.81. The number of rotatable bonds is 10. The van der Waals surface area contributed by atoms with Crippen molar-refractivity contribution < 1.29 is 14.3 Å². The Kier molecular flexibility index (Phi) is 9.90. The fourth-order valence-electron chi connectivity index (χ4n) is 1.91. The molecule has 23 heavy (non-hydrogen) atoms. The van der Waals surface area contributed by atoms with E-state index >= 15 is 0 Å². The number of nitrogens with zero attached hydrogens (tertiary/aromatic N) is 1. The Morgan fingerprint density at radius 2 is 2.04 bits per heavy atom. The Morgan fingerprint density at radius 3 is 2.52 bits per heavy atom. The van der Waals surface area contributed by atoms with Gasteiger partial charge < -0.3 is 14.8 Å². The summed E-state index contributed by atoms with van der Waals surface area (Å²) in [4.78, 5) is 25.4. The monoisotopic (exact) mass is 322 g/mol. The zero-order valence-corrected chi connectivity index (χ0v) is 14.8. The molecule has 130 valence electrons. The van der Waals surface area contributed by atoms with Crippen molar-refractivity contribution in [3.8, 4) is 0 Å². The predicted molar refractivity (Wildman–Crippen MR) is 94.4 cm³/mol. The van der Waals surface area contributed by atoms with E-state index in [9.17, 15) is 9.59 Å². The first kappa shape index (κ1) is 21.1. The third-order valence-electron chi connectivity index (χ3n) is 2.95. The van der Waals surface area contributed by atoms with Crippen molar-refractivity contribution in [2.45, 2.75) is 45.3 Å². The molecule has 0 radical (unpaired) electrons. The van der Waals surface area contributed by atoms with Crippen LogP contribution in [0.3, 0.4) is 0 Å². The molecule has 0 spiro atoms. The standard InChI is InChI=1S/C18H30N2O3/c1-7-8-10-15(2)13-16(14-21)20(12-9-11-19-6)17(22)23-18(3,4)5/h7-8,10,14,16,19H,1-2,9,11-13H2,3-6H3/b10-8-. The summed E-state index contributed by atoms with van der Waals surface area (Å²) < 4.78 is 5.42. The van der Waals surface area contributed by atoms with Gasteiger partial charge >= 0.3 is 6.09 Å². The van der Waals surface area contributed by atoms with E-state index in [4.69, 9.17) is 4.74 Å². The average molecular weight is 322 g/mol. The van der Waals surface area contributed by atoms with Crippen LogP contribution in [0.2, 0.25) is 0 Å². The maximum absolute atomic E-state index is 12.4. The highest BCUT2D eigenvalue weighted by atomic mass is 16.6. The van der Waals surface area contributed by atoms with Crippen molar-refractivity contribution in [2.24, 2.45) is 0 Å². The van der Waals surface area contributed by atoms with E-state index < -0.39 is 17.7 Å². The highest BCUT2D eigenvalue weighted by molar-refractivity contribution is 5.74. The lowest BCUT2D eigenvalue weighted by Gasteiger charge is -2.31. The molecule has 0 rings (SSSR count). The quantitative estimate of drug-likeness (QED) is 0.381. The zero-order chi connectivity index (χ0) is 17.9. The van der Waals surface area contributed by atoms with Crippen LogP contribution in [0.1, 0.15) is 33.6 Å². The fraction of sp³-hybridized carbons (Fsp3) is 0.556. The number of aldehydes is 1. The van der Waals surface area contributed by atoms with Crippen molar-refractivity contribution in [1.29, 1.82) is 0 Å². The van der Waals surface area contributed by atoms with Gasteiger partial charge in [0.25, 0.3) is 0 Å². The molecule has 0 aliphatic heterocycles. The summed E-state index contributed by atoms with van der Waals surface area (Å²) in [6.45, 7) is 14.1. The molecule has 1 unspecified atom stereocenters. The summed E-state index contributed by atoms with van der Waals surface area (Å²) in [7, 11) is 1.84. The Hall–Kier alpha value is -1.88. The molecule has 0 saturated heterocycles. The van der Waals surface area contributed by atoms with Gasteiger partial charge in [0.1, 0.15) is 11.9 Å². The highest BCUT2D eigenvalue weighted by Gasteiger charge is 2.27. The van der Waals surface area contributed by atoms with Gasteiger partial charge in [-0.3, -0.25) is 4.90 Å². The third-order valence-corrected chi connectivity index (χ3v) is 2.95. The van der Waals surface area contributed by atoms with Crippen LogP contribution in [0, 0.1) is 0 Å². The molecule has 0 aromatic rings. The fourth-order valence-corrected chi connectivity index (χ4v) is 1.91. The molecule has 0 aliphatic rings. The molecular formula is C18H30N2O3. The van der Waals surface area contributed by atoms with E-state index in [0.29, 0.717) is 13.0 Å². The molecule has 0 saturated carbocycles. The Morgan fingerprint density at radius 1 is 1.39 bits per heavy atom. The molecule has 0 aromatic heterocycles. The minimum atomic E-state index is -0.606. The van der Waals surface area contributed by atoms with Crippen LogP contribution in [-0.4, -0.2) is 49.1 Å². The summed E-state index contributed by atoms with van der Waals surface area (Å²) >= 11 is 0. The van der Waals surface area contributed by atoms with E-state index in [2.05, 4.69) is 18.5 Å². The minimum absolute atomic E-state index is 0.368. The molecule has 0 aliphatic carbocycles. The predicted octanol–water partition coefficient (Wildman–Crippen LogP) is 3.09. The second kappa shape index (κ2) is 10.8. The van der Waals surface area contributed by atoms with Crippen molar-refractivity contribution in [2.75, 3.05) is 20.1 Å². The van der Waals surface area contributed by atoms with E-state index in [1.54, 1.807) is 39.0 Å². The van der Waals surface area contributed by atoms with Gasteiger partial charge in [0.15, 0.2) is 0 Å². The number of hydrogen-bond acceptors (Lipinski definition) is 4. The maximum Gasteiger partial charge on any atom is 0.410 e. The first-order valence-corrected chi connectivity index (χ1v) is 7.81. The Labute approximate surface area is 140 Å². The summed E-state index contributed by atoms with van der Waals surface area (Å²) in [5.74, 6) is 0. The average Bonchev–Trinajstić information content (AvgIpc) is 2.45. The van der Waals surface area contributed by atoms with Crippen LogP contribution in [-0.2, 0) is 9.53 Å². The summed E-state index contributed by atoms with van der Waals surface area (Å²) in [6, 6.07) is -0.594. The topological polar surface area (TPSA) is 58.6 Å². The van der Waals surface area contributed by atoms with Crippen molar-refractivity contribution in [3.05, 3.63) is 37.0 Å².